The van der Waals surface area contributed by atoms with E-state index in [1.54, 1.807) is 18.2 Å². The molecule has 0 bridgehead atoms. The molecule has 2 aromatic rings. The molecule has 0 spiro atoms. The molecule has 0 saturated carbocycles. The molecular weight excluding hydrogens is 281 g/mol. The minimum absolute atomic E-state index is 0.131. The summed E-state index contributed by atoms with van der Waals surface area (Å²) >= 11 is 0. The summed E-state index contributed by atoms with van der Waals surface area (Å²) in [7, 11) is -3.20. The summed E-state index contributed by atoms with van der Waals surface area (Å²) in [5.41, 5.74) is 6.19. The van der Waals surface area contributed by atoms with E-state index in [0.29, 0.717) is 24.0 Å². The monoisotopic (exact) mass is 297 g/mol. The van der Waals surface area contributed by atoms with E-state index in [0.717, 1.165) is 6.42 Å². The van der Waals surface area contributed by atoms with Crippen molar-refractivity contribution < 1.29 is 17.2 Å². The number of fused-ring (bicyclic) bond motifs is 1. The van der Waals surface area contributed by atoms with Crippen LogP contribution in [0.3, 0.4) is 0 Å². The highest BCUT2D eigenvalue weighted by Gasteiger charge is 2.36. The van der Waals surface area contributed by atoms with Crippen molar-refractivity contribution in [1.29, 1.82) is 0 Å². The minimum atomic E-state index is -3.20. The van der Waals surface area contributed by atoms with Gasteiger partial charge in [0.2, 0.25) is 0 Å². The molecule has 1 aliphatic rings. The van der Waals surface area contributed by atoms with Crippen LogP contribution in [0, 0.1) is 5.82 Å². The first-order valence-electron chi connectivity index (χ1n) is 6.64. The standard InChI is InChI=1S/C14H16FNO3S/c15-10-5-3-4-9-8-11(19-14(9)10)13(16)12-6-1-2-7-20(12,17)18/h3-5,8,12-13H,1-2,6-7,16H2. The lowest BCUT2D eigenvalue weighted by Crippen LogP contribution is -2.37. The van der Waals surface area contributed by atoms with Gasteiger partial charge < -0.3 is 10.2 Å². The van der Waals surface area contributed by atoms with Crippen LogP contribution in [0.2, 0.25) is 0 Å². The molecule has 1 saturated heterocycles. The summed E-state index contributed by atoms with van der Waals surface area (Å²) in [6.07, 6.45) is 2.05. The SMILES string of the molecule is NC(c1cc2cccc(F)c2o1)C1CCCCS1(=O)=O. The van der Waals surface area contributed by atoms with Crippen LogP contribution in [-0.2, 0) is 9.84 Å². The quantitative estimate of drug-likeness (QED) is 0.924. The summed E-state index contributed by atoms with van der Waals surface area (Å²) < 4.78 is 43.2. The molecule has 2 unspecified atom stereocenters. The molecule has 1 aliphatic heterocycles. The topological polar surface area (TPSA) is 73.3 Å². The average Bonchev–Trinajstić information content (AvgIpc) is 2.83. The number of halogens is 1. The van der Waals surface area contributed by atoms with Gasteiger partial charge in [0.1, 0.15) is 5.76 Å². The van der Waals surface area contributed by atoms with Crippen molar-refractivity contribution in [1.82, 2.24) is 0 Å². The van der Waals surface area contributed by atoms with E-state index < -0.39 is 26.9 Å². The van der Waals surface area contributed by atoms with Crippen molar-refractivity contribution in [2.45, 2.75) is 30.6 Å². The van der Waals surface area contributed by atoms with Gasteiger partial charge in [0, 0.05) is 5.39 Å². The Balaban J connectivity index is 2.00. The number of nitrogens with two attached hydrogens (primary N) is 1. The molecule has 108 valence electrons. The van der Waals surface area contributed by atoms with Crippen molar-refractivity contribution in [2.75, 3.05) is 5.75 Å². The third-order valence-electron chi connectivity index (χ3n) is 3.87. The first-order valence-corrected chi connectivity index (χ1v) is 8.36. The van der Waals surface area contributed by atoms with Crippen LogP contribution in [0.15, 0.2) is 28.7 Å². The Kier molecular flexibility index (Phi) is 3.30. The molecule has 0 radical (unpaired) electrons. The van der Waals surface area contributed by atoms with Crippen molar-refractivity contribution in [3.05, 3.63) is 35.8 Å². The van der Waals surface area contributed by atoms with E-state index in [1.807, 2.05) is 0 Å². The van der Waals surface area contributed by atoms with Crippen molar-refractivity contribution in [3.8, 4) is 0 Å². The predicted molar refractivity (Wildman–Crippen MR) is 74.5 cm³/mol. The zero-order valence-corrected chi connectivity index (χ0v) is 11.7. The first kappa shape index (κ1) is 13.6. The Morgan fingerprint density at radius 3 is 2.85 bits per heavy atom. The molecule has 0 aliphatic carbocycles. The third-order valence-corrected chi connectivity index (χ3v) is 6.18. The number of para-hydroxylation sites is 1. The molecule has 1 fully saturated rings. The largest absolute Gasteiger partial charge is 0.456 e. The number of furan rings is 1. The van der Waals surface area contributed by atoms with E-state index in [9.17, 15) is 12.8 Å². The second-order valence-corrected chi connectivity index (χ2v) is 7.57. The molecule has 3 rings (SSSR count). The maximum atomic E-state index is 13.6. The Labute approximate surface area is 116 Å². The van der Waals surface area contributed by atoms with Crippen LogP contribution in [-0.4, -0.2) is 19.4 Å². The summed E-state index contributed by atoms with van der Waals surface area (Å²) in [6.45, 7) is 0. The molecule has 2 heterocycles. The van der Waals surface area contributed by atoms with Gasteiger partial charge >= 0.3 is 0 Å². The van der Waals surface area contributed by atoms with Gasteiger partial charge in [-0.3, -0.25) is 0 Å². The molecule has 4 nitrogen and oxygen atoms in total. The van der Waals surface area contributed by atoms with E-state index in [4.69, 9.17) is 10.2 Å². The van der Waals surface area contributed by atoms with Gasteiger partial charge in [0.25, 0.3) is 0 Å². The minimum Gasteiger partial charge on any atom is -0.456 e. The highest BCUT2D eigenvalue weighted by atomic mass is 32.2. The zero-order valence-electron chi connectivity index (χ0n) is 10.9. The smallest absolute Gasteiger partial charge is 0.169 e. The van der Waals surface area contributed by atoms with Gasteiger partial charge in [-0.2, -0.15) is 0 Å². The second-order valence-electron chi connectivity index (χ2n) is 5.23. The molecule has 6 heteroatoms. The molecule has 20 heavy (non-hydrogen) atoms. The number of hydrogen-bond acceptors (Lipinski definition) is 4. The Hall–Kier alpha value is -1.40. The van der Waals surface area contributed by atoms with Crippen LogP contribution in [0.25, 0.3) is 11.0 Å². The summed E-state index contributed by atoms with van der Waals surface area (Å²) in [4.78, 5) is 0. The Bertz CT molecular complexity index is 738. The summed E-state index contributed by atoms with van der Waals surface area (Å²) in [5, 5.41) is -0.0384. The highest BCUT2D eigenvalue weighted by Crippen LogP contribution is 2.32. The van der Waals surface area contributed by atoms with Gasteiger partial charge in [-0.15, -0.1) is 0 Å². The normalized spacial score (nSPS) is 23.8. The summed E-state index contributed by atoms with van der Waals surface area (Å²) in [5.74, 6) is 0.0352. The Morgan fingerprint density at radius 1 is 1.35 bits per heavy atom. The molecule has 0 amide bonds. The fourth-order valence-corrected chi connectivity index (χ4v) is 4.79. The number of rotatable bonds is 2. The van der Waals surface area contributed by atoms with Gasteiger partial charge in [0.05, 0.1) is 17.0 Å². The van der Waals surface area contributed by atoms with E-state index in [-0.39, 0.29) is 11.3 Å². The van der Waals surface area contributed by atoms with Crippen LogP contribution in [0.4, 0.5) is 4.39 Å². The Morgan fingerprint density at radius 2 is 2.15 bits per heavy atom. The van der Waals surface area contributed by atoms with Gasteiger partial charge in [-0.25, -0.2) is 12.8 Å². The maximum absolute atomic E-state index is 13.6. The number of sulfone groups is 1. The first-order chi connectivity index (χ1) is 9.49. The van der Waals surface area contributed by atoms with Crippen LogP contribution in [0.5, 0.6) is 0 Å². The van der Waals surface area contributed by atoms with E-state index in [2.05, 4.69) is 0 Å². The van der Waals surface area contributed by atoms with E-state index in [1.165, 1.54) is 6.07 Å². The van der Waals surface area contributed by atoms with Crippen molar-refractivity contribution in [2.24, 2.45) is 5.73 Å². The van der Waals surface area contributed by atoms with Crippen molar-refractivity contribution >= 4 is 20.8 Å². The van der Waals surface area contributed by atoms with E-state index >= 15 is 0 Å². The summed E-state index contributed by atoms with van der Waals surface area (Å²) in [6, 6.07) is 5.49. The fourth-order valence-electron chi connectivity index (χ4n) is 2.78. The van der Waals surface area contributed by atoms with Crippen LogP contribution in [0.1, 0.15) is 31.1 Å². The molecular formula is C14H16FNO3S. The maximum Gasteiger partial charge on any atom is 0.169 e. The lowest BCUT2D eigenvalue weighted by Gasteiger charge is -2.26. The molecule has 2 atom stereocenters. The van der Waals surface area contributed by atoms with Gasteiger partial charge in [-0.1, -0.05) is 18.6 Å². The lowest BCUT2D eigenvalue weighted by atomic mass is 10.1. The predicted octanol–water partition coefficient (Wildman–Crippen LogP) is 2.54. The highest BCUT2D eigenvalue weighted by molar-refractivity contribution is 7.92. The van der Waals surface area contributed by atoms with Crippen LogP contribution >= 0.6 is 0 Å². The number of benzene rings is 1. The molecule has 1 aromatic heterocycles. The zero-order chi connectivity index (χ0) is 14.3. The fraction of sp³-hybridized carbons (Fsp3) is 0.429. The van der Waals surface area contributed by atoms with Crippen LogP contribution < -0.4 is 5.73 Å². The van der Waals surface area contributed by atoms with Gasteiger partial charge in [-0.05, 0) is 25.0 Å². The third kappa shape index (κ3) is 2.23. The molecule has 2 N–H and O–H groups in total. The second kappa shape index (κ2) is 4.86. The molecule has 1 aromatic carbocycles. The van der Waals surface area contributed by atoms with Crippen molar-refractivity contribution in [3.63, 3.8) is 0 Å². The lowest BCUT2D eigenvalue weighted by molar-refractivity contribution is 0.438. The van der Waals surface area contributed by atoms with Gasteiger partial charge in [0.15, 0.2) is 21.2 Å². The average molecular weight is 297 g/mol. The number of hydrogen-bond donors (Lipinski definition) is 1.